The second-order valence-corrected chi connectivity index (χ2v) is 5.41. The molecule has 2 aromatic carbocycles. The molecule has 0 nitrogen and oxygen atoms in total. The first kappa shape index (κ1) is 13.1. The van der Waals surface area contributed by atoms with Gasteiger partial charge in [0, 0.05) is 0 Å². The molecule has 0 saturated carbocycles. The van der Waals surface area contributed by atoms with E-state index in [1.807, 2.05) is 0 Å². The van der Waals surface area contributed by atoms with E-state index in [1.165, 1.54) is 41.2 Å². The molecule has 0 saturated heterocycles. The zero-order valence-electron chi connectivity index (χ0n) is 12.1. The van der Waals surface area contributed by atoms with Crippen LogP contribution in [0.2, 0.25) is 0 Å². The second kappa shape index (κ2) is 5.56. The molecule has 0 aromatic heterocycles. The van der Waals surface area contributed by atoms with Crippen molar-refractivity contribution >= 4 is 10.8 Å². The van der Waals surface area contributed by atoms with Gasteiger partial charge < -0.3 is 0 Å². The lowest BCUT2D eigenvalue weighted by Crippen LogP contribution is -2.01. The van der Waals surface area contributed by atoms with Crippen molar-refractivity contribution in [2.75, 3.05) is 0 Å². The van der Waals surface area contributed by atoms with Gasteiger partial charge in [-0.3, -0.25) is 0 Å². The van der Waals surface area contributed by atoms with Crippen molar-refractivity contribution in [3.63, 3.8) is 0 Å². The Bertz CT molecular complexity index is 537. The van der Waals surface area contributed by atoms with Crippen LogP contribution in [0.25, 0.3) is 10.8 Å². The quantitative estimate of drug-likeness (QED) is 0.638. The third-order valence-electron chi connectivity index (χ3n) is 3.97. The molecule has 0 heteroatoms. The monoisotopic (exact) mass is 240 g/mol. The summed E-state index contributed by atoms with van der Waals surface area (Å²) in [7, 11) is 0. The van der Waals surface area contributed by atoms with Gasteiger partial charge in [-0.05, 0) is 54.5 Å². The molecule has 0 heterocycles. The van der Waals surface area contributed by atoms with Gasteiger partial charge in [-0.25, -0.2) is 0 Å². The molecule has 0 N–H and O–H groups in total. The van der Waals surface area contributed by atoms with Gasteiger partial charge in [0.15, 0.2) is 0 Å². The minimum atomic E-state index is 0.710. The van der Waals surface area contributed by atoms with E-state index in [1.54, 1.807) is 5.56 Å². The van der Waals surface area contributed by atoms with Crippen molar-refractivity contribution in [1.82, 2.24) is 0 Å². The minimum Gasteiger partial charge on any atom is -0.0654 e. The summed E-state index contributed by atoms with van der Waals surface area (Å²) < 4.78 is 0. The molecule has 0 aliphatic rings. The van der Waals surface area contributed by atoms with E-state index < -0.39 is 0 Å². The van der Waals surface area contributed by atoms with E-state index in [0.717, 1.165) is 0 Å². The molecular formula is C18H24. The van der Waals surface area contributed by atoms with Crippen LogP contribution < -0.4 is 0 Å². The molecule has 2 rings (SSSR count). The SMILES string of the molecule is CCCC(CC)c1c(C)ccc2cc(C)ccc12. The lowest BCUT2D eigenvalue weighted by atomic mass is 9.85. The van der Waals surface area contributed by atoms with Crippen LogP contribution in [-0.4, -0.2) is 0 Å². The molecule has 0 radical (unpaired) electrons. The summed E-state index contributed by atoms with van der Waals surface area (Å²) in [6.07, 6.45) is 3.80. The fraction of sp³-hybridized carbons (Fsp3) is 0.444. The average Bonchev–Trinajstić information content (AvgIpc) is 2.37. The fourth-order valence-electron chi connectivity index (χ4n) is 3.03. The second-order valence-electron chi connectivity index (χ2n) is 5.41. The lowest BCUT2D eigenvalue weighted by molar-refractivity contribution is 0.597. The van der Waals surface area contributed by atoms with Gasteiger partial charge >= 0.3 is 0 Å². The van der Waals surface area contributed by atoms with Gasteiger partial charge in [-0.1, -0.05) is 56.2 Å². The van der Waals surface area contributed by atoms with Crippen LogP contribution in [0.5, 0.6) is 0 Å². The molecular weight excluding hydrogens is 216 g/mol. The largest absolute Gasteiger partial charge is 0.0654 e. The third-order valence-corrected chi connectivity index (χ3v) is 3.97. The lowest BCUT2D eigenvalue weighted by Gasteiger charge is -2.20. The predicted molar refractivity (Wildman–Crippen MR) is 81.4 cm³/mol. The topological polar surface area (TPSA) is 0 Å². The van der Waals surface area contributed by atoms with Crippen molar-refractivity contribution in [3.8, 4) is 0 Å². The van der Waals surface area contributed by atoms with E-state index in [4.69, 9.17) is 0 Å². The summed E-state index contributed by atoms with van der Waals surface area (Å²) in [6, 6.07) is 11.4. The Hall–Kier alpha value is -1.30. The van der Waals surface area contributed by atoms with Crippen LogP contribution in [0, 0.1) is 13.8 Å². The maximum atomic E-state index is 2.31. The van der Waals surface area contributed by atoms with E-state index in [0.29, 0.717) is 5.92 Å². The van der Waals surface area contributed by atoms with E-state index >= 15 is 0 Å². The standard InChI is InChI=1S/C18H24/c1-5-7-15(6-2)18-14(4)9-10-16-12-13(3)8-11-17(16)18/h8-12,15H,5-7H2,1-4H3. The molecule has 0 spiro atoms. The zero-order chi connectivity index (χ0) is 13.1. The molecule has 1 atom stereocenters. The molecule has 96 valence electrons. The molecule has 2 aromatic rings. The third kappa shape index (κ3) is 2.43. The Balaban J connectivity index is 2.63. The summed E-state index contributed by atoms with van der Waals surface area (Å²) in [6.45, 7) is 9.02. The predicted octanol–water partition coefficient (Wildman–Crippen LogP) is 5.75. The highest BCUT2D eigenvalue weighted by atomic mass is 14.2. The summed E-state index contributed by atoms with van der Waals surface area (Å²) >= 11 is 0. The maximum Gasteiger partial charge on any atom is -0.0146 e. The van der Waals surface area contributed by atoms with Crippen LogP contribution in [0.4, 0.5) is 0 Å². The van der Waals surface area contributed by atoms with Gasteiger partial charge in [-0.2, -0.15) is 0 Å². The summed E-state index contributed by atoms with van der Waals surface area (Å²) in [5.74, 6) is 0.710. The number of hydrogen-bond acceptors (Lipinski definition) is 0. The van der Waals surface area contributed by atoms with Crippen LogP contribution in [0.1, 0.15) is 55.7 Å². The minimum absolute atomic E-state index is 0.710. The van der Waals surface area contributed by atoms with Gasteiger partial charge in [0.05, 0.1) is 0 Å². The van der Waals surface area contributed by atoms with Crippen LogP contribution in [0.3, 0.4) is 0 Å². The molecule has 0 amide bonds. The molecule has 18 heavy (non-hydrogen) atoms. The normalized spacial score (nSPS) is 12.9. The summed E-state index contributed by atoms with van der Waals surface area (Å²) in [4.78, 5) is 0. The van der Waals surface area contributed by atoms with Gasteiger partial charge in [0.2, 0.25) is 0 Å². The number of benzene rings is 2. The molecule has 0 aliphatic heterocycles. The van der Waals surface area contributed by atoms with Crippen LogP contribution >= 0.6 is 0 Å². The fourth-order valence-corrected chi connectivity index (χ4v) is 3.03. The van der Waals surface area contributed by atoms with Crippen LogP contribution in [0.15, 0.2) is 30.3 Å². The van der Waals surface area contributed by atoms with Gasteiger partial charge in [0.1, 0.15) is 0 Å². The van der Waals surface area contributed by atoms with Crippen molar-refractivity contribution in [3.05, 3.63) is 47.0 Å². The number of hydrogen-bond donors (Lipinski definition) is 0. The van der Waals surface area contributed by atoms with Crippen LogP contribution in [-0.2, 0) is 0 Å². The molecule has 0 bridgehead atoms. The highest BCUT2D eigenvalue weighted by Crippen LogP contribution is 2.34. The summed E-state index contributed by atoms with van der Waals surface area (Å²) in [5.41, 5.74) is 4.38. The Morgan fingerprint density at radius 1 is 1.00 bits per heavy atom. The van der Waals surface area contributed by atoms with E-state index in [-0.39, 0.29) is 0 Å². The van der Waals surface area contributed by atoms with Crippen molar-refractivity contribution < 1.29 is 0 Å². The first-order valence-corrected chi connectivity index (χ1v) is 7.17. The Kier molecular flexibility index (Phi) is 4.06. The Morgan fingerprint density at radius 3 is 2.44 bits per heavy atom. The highest BCUT2D eigenvalue weighted by molar-refractivity contribution is 5.87. The van der Waals surface area contributed by atoms with E-state index in [2.05, 4.69) is 58.0 Å². The van der Waals surface area contributed by atoms with Crippen molar-refractivity contribution in [2.45, 2.75) is 52.9 Å². The zero-order valence-corrected chi connectivity index (χ0v) is 12.1. The highest BCUT2D eigenvalue weighted by Gasteiger charge is 2.14. The van der Waals surface area contributed by atoms with Gasteiger partial charge in [-0.15, -0.1) is 0 Å². The van der Waals surface area contributed by atoms with Crippen molar-refractivity contribution in [1.29, 1.82) is 0 Å². The first-order chi connectivity index (χ1) is 8.67. The van der Waals surface area contributed by atoms with Crippen molar-refractivity contribution in [2.24, 2.45) is 0 Å². The average molecular weight is 240 g/mol. The van der Waals surface area contributed by atoms with Gasteiger partial charge in [0.25, 0.3) is 0 Å². The molecule has 0 fully saturated rings. The molecule has 0 aliphatic carbocycles. The Morgan fingerprint density at radius 2 is 1.78 bits per heavy atom. The van der Waals surface area contributed by atoms with E-state index in [9.17, 15) is 0 Å². The Labute approximate surface area is 111 Å². The first-order valence-electron chi connectivity index (χ1n) is 7.17. The summed E-state index contributed by atoms with van der Waals surface area (Å²) in [5, 5.41) is 2.85. The smallest absolute Gasteiger partial charge is 0.0146 e. The number of rotatable bonds is 4. The number of fused-ring (bicyclic) bond motifs is 1. The molecule has 1 unspecified atom stereocenters. The number of aryl methyl sites for hydroxylation is 2. The maximum absolute atomic E-state index is 2.31.